The van der Waals surface area contributed by atoms with Crippen molar-refractivity contribution in [2.75, 3.05) is 21.3 Å². The van der Waals surface area contributed by atoms with Gasteiger partial charge in [-0.15, -0.1) is 0 Å². The molecule has 4 N–H and O–H groups in total. The SMILES string of the molecule is CCc1ccc(NC(=O)Nc2ccc(Nc3cc(Nc4ccc(C)cc4)nc(C)n3)cc2)cc1. The first-order valence-electron chi connectivity index (χ1n) is 11.2. The van der Waals surface area contributed by atoms with Gasteiger partial charge in [-0.05, 0) is 74.4 Å². The van der Waals surface area contributed by atoms with Gasteiger partial charge in [0.25, 0.3) is 0 Å². The van der Waals surface area contributed by atoms with E-state index in [4.69, 9.17) is 0 Å². The minimum atomic E-state index is -0.289. The fourth-order valence-electron chi connectivity index (χ4n) is 3.38. The monoisotopic (exact) mass is 452 g/mol. The van der Waals surface area contributed by atoms with Crippen LogP contribution in [-0.4, -0.2) is 16.0 Å². The number of urea groups is 1. The van der Waals surface area contributed by atoms with Crippen LogP contribution in [0, 0.1) is 13.8 Å². The first-order chi connectivity index (χ1) is 16.5. The predicted molar refractivity (Wildman–Crippen MR) is 139 cm³/mol. The number of nitrogens with zero attached hydrogens (tertiary/aromatic N) is 2. The fourth-order valence-corrected chi connectivity index (χ4v) is 3.38. The van der Waals surface area contributed by atoms with E-state index in [0.717, 1.165) is 23.5 Å². The number of rotatable bonds is 7. The van der Waals surface area contributed by atoms with Gasteiger partial charge in [0.15, 0.2) is 0 Å². The molecule has 0 atom stereocenters. The first-order valence-corrected chi connectivity index (χ1v) is 11.2. The summed E-state index contributed by atoms with van der Waals surface area (Å²) in [4.78, 5) is 21.2. The van der Waals surface area contributed by atoms with Crippen LogP contribution in [0.4, 0.5) is 39.2 Å². The van der Waals surface area contributed by atoms with Crippen molar-refractivity contribution in [3.05, 3.63) is 95.8 Å². The van der Waals surface area contributed by atoms with Gasteiger partial charge in [-0.3, -0.25) is 0 Å². The van der Waals surface area contributed by atoms with Crippen molar-refractivity contribution in [2.45, 2.75) is 27.2 Å². The Hall–Kier alpha value is -4.39. The zero-order chi connectivity index (χ0) is 23.9. The lowest BCUT2D eigenvalue weighted by Gasteiger charge is -2.12. The van der Waals surface area contributed by atoms with Gasteiger partial charge in [-0.1, -0.05) is 36.8 Å². The molecule has 0 unspecified atom stereocenters. The third kappa shape index (κ3) is 6.32. The molecular weight excluding hydrogens is 424 g/mol. The molecule has 1 aromatic heterocycles. The van der Waals surface area contributed by atoms with Crippen LogP contribution in [0.1, 0.15) is 23.9 Å². The minimum absolute atomic E-state index is 0.289. The van der Waals surface area contributed by atoms with Gasteiger partial charge >= 0.3 is 6.03 Å². The van der Waals surface area contributed by atoms with E-state index in [0.29, 0.717) is 23.1 Å². The van der Waals surface area contributed by atoms with Crippen molar-refractivity contribution in [1.29, 1.82) is 0 Å². The second kappa shape index (κ2) is 10.5. The molecule has 0 saturated carbocycles. The molecule has 0 spiro atoms. The number of hydrogen-bond acceptors (Lipinski definition) is 5. The number of hydrogen-bond donors (Lipinski definition) is 4. The molecule has 3 aromatic carbocycles. The van der Waals surface area contributed by atoms with Gasteiger partial charge in [0.1, 0.15) is 17.5 Å². The summed E-state index contributed by atoms with van der Waals surface area (Å²) in [6.07, 6.45) is 0.964. The van der Waals surface area contributed by atoms with Gasteiger partial charge in [-0.2, -0.15) is 0 Å². The molecule has 2 amide bonds. The topological polar surface area (TPSA) is 91.0 Å². The summed E-state index contributed by atoms with van der Waals surface area (Å²) in [5.41, 5.74) is 5.68. The maximum Gasteiger partial charge on any atom is 0.323 e. The highest BCUT2D eigenvalue weighted by atomic mass is 16.2. The predicted octanol–water partition coefficient (Wildman–Crippen LogP) is 6.79. The van der Waals surface area contributed by atoms with Crippen molar-refractivity contribution in [3.63, 3.8) is 0 Å². The Morgan fingerprint density at radius 2 is 1.12 bits per heavy atom. The van der Waals surface area contributed by atoms with Gasteiger partial charge in [0, 0.05) is 28.8 Å². The highest BCUT2D eigenvalue weighted by Crippen LogP contribution is 2.22. The first kappa shape index (κ1) is 22.8. The number of amides is 2. The summed E-state index contributed by atoms with van der Waals surface area (Å²) < 4.78 is 0. The molecule has 0 bridgehead atoms. The third-order valence-electron chi connectivity index (χ3n) is 5.20. The second-order valence-corrected chi connectivity index (χ2v) is 8.01. The lowest BCUT2D eigenvalue weighted by atomic mass is 10.1. The summed E-state index contributed by atoms with van der Waals surface area (Å²) >= 11 is 0. The number of aromatic nitrogens is 2. The lowest BCUT2D eigenvalue weighted by Crippen LogP contribution is -2.19. The average molecular weight is 453 g/mol. The summed E-state index contributed by atoms with van der Waals surface area (Å²) in [6, 6.07) is 25.0. The third-order valence-corrected chi connectivity index (χ3v) is 5.20. The number of benzene rings is 3. The normalized spacial score (nSPS) is 10.4. The fraction of sp³-hybridized carbons (Fsp3) is 0.148. The van der Waals surface area contributed by atoms with Crippen molar-refractivity contribution in [3.8, 4) is 0 Å². The summed E-state index contributed by atoms with van der Waals surface area (Å²) in [5.74, 6) is 2.04. The molecule has 0 aliphatic carbocycles. The molecule has 0 aliphatic rings. The maximum atomic E-state index is 12.3. The molecule has 172 valence electrons. The van der Waals surface area contributed by atoms with Crippen molar-refractivity contribution in [2.24, 2.45) is 0 Å². The van der Waals surface area contributed by atoms with Crippen LogP contribution < -0.4 is 21.3 Å². The largest absolute Gasteiger partial charge is 0.340 e. The van der Waals surface area contributed by atoms with E-state index < -0.39 is 0 Å². The van der Waals surface area contributed by atoms with E-state index >= 15 is 0 Å². The number of carbonyl (C=O) groups is 1. The van der Waals surface area contributed by atoms with E-state index in [1.54, 1.807) is 0 Å². The van der Waals surface area contributed by atoms with Crippen LogP contribution in [-0.2, 0) is 6.42 Å². The molecule has 7 heteroatoms. The molecule has 0 radical (unpaired) electrons. The molecule has 0 aliphatic heterocycles. The Morgan fingerprint density at radius 1 is 0.676 bits per heavy atom. The van der Waals surface area contributed by atoms with E-state index in [2.05, 4.69) is 45.1 Å². The number of carbonyl (C=O) groups excluding carboxylic acids is 1. The Kier molecular flexibility index (Phi) is 7.03. The molecular formula is C27H28N6O. The number of nitrogens with one attached hydrogen (secondary N) is 4. The van der Waals surface area contributed by atoms with Crippen molar-refractivity contribution in [1.82, 2.24) is 9.97 Å². The van der Waals surface area contributed by atoms with Gasteiger partial charge in [0.05, 0.1) is 0 Å². The van der Waals surface area contributed by atoms with Gasteiger partial charge < -0.3 is 21.3 Å². The van der Waals surface area contributed by atoms with Crippen LogP contribution in [0.25, 0.3) is 0 Å². The van der Waals surface area contributed by atoms with Gasteiger partial charge in [-0.25, -0.2) is 14.8 Å². The van der Waals surface area contributed by atoms with Crippen LogP contribution >= 0.6 is 0 Å². The maximum absolute atomic E-state index is 12.3. The minimum Gasteiger partial charge on any atom is -0.340 e. The molecule has 0 saturated heterocycles. The zero-order valence-corrected chi connectivity index (χ0v) is 19.5. The highest BCUT2D eigenvalue weighted by Gasteiger charge is 2.06. The second-order valence-electron chi connectivity index (χ2n) is 8.01. The number of anilines is 6. The molecule has 4 rings (SSSR count). The summed E-state index contributed by atoms with van der Waals surface area (Å²) in [7, 11) is 0. The van der Waals surface area contributed by atoms with E-state index in [1.807, 2.05) is 85.8 Å². The summed E-state index contributed by atoms with van der Waals surface area (Å²) in [6.45, 7) is 6.01. The Morgan fingerprint density at radius 3 is 1.62 bits per heavy atom. The number of aryl methyl sites for hydroxylation is 3. The zero-order valence-electron chi connectivity index (χ0n) is 19.5. The summed E-state index contributed by atoms with van der Waals surface area (Å²) in [5, 5.41) is 12.3. The lowest BCUT2D eigenvalue weighted by molar-refractivity contribution is 0.262. The van der Waals surface area contributed by atoms with Crippen LogP contribution in [0.15, 0.2) is 78.9 Å². The van der Waals surface area contributed by atoms with Crippen molar-refractivity contribution < 1.29 is 4.79 Å². The van der Waals surface area contributed by atoms with Crippen molar-refractivity contribution >= 4 is 40.4 Å². The Labute approximate surface area is 199 Å². The standard InChI is InChI=1S/C27H28N6O/c1-4-20-7-11-23(12-8-20)32-27(34)33-24-15-13-22(14-16-24)31-26-17-25(28-19(3)29-26)30-21-9-5-18(2)6-10-21/h5-17H,4H2,1-3H3,(H2,32,33,34)(H2,28,29,30,31). The smallest absolute Gasteiger partial charge is 0.323 e. The highest BCUT2D eigenvalue weighted by molar-refractivity contribution is 5.99. The molecule has 4 aromatic rings. The quantitative estimate of drug-likeness (QED) is 0.248. The Balaban J connectivity index is 1.36. The Bertz CT molecular complexity index is 1250. The average Bonchev–Trinajstić information content (AvgIpc) is 2.82. The van der Waals surface area contributed by atoms with E-state index in [1.165, 1.54) is 11.1 Å². The van der Waals surface area contributed by atoms with Gasteiger partial charge in [0.2, 0.25) is 0 Å². The van der Waals surface area contributed by atoms with Crippen LogP contribution in [0.3, 0.4) is 0 Å². The molecule has 34 heavy (non-hydrogen) atoms. The molecule has 0 fully saturated rings. The molecule has 7 nitrogen and oxygen atoms in total. The molecule has 1 heterocycles. The van der Waals surface area contributed by atoms with E-state index in [9.17, 15) is 4.79 Å². The van der Waals surface area contributed by atoms with Crippen LogP contribution in [0.5, 0.6) is 0 Å². The van der Waals surface area contributed by atoms with Crippen LogP contribution in [0.2, 0.25) is 0 Å². The van der Waals surface area contributed by atoms with E-state index in [-0.39, 0.29) is 6.03 Å².